The summed E-state index contributed by atoms with van der Waals surface area (Å²) in [6, 6.07) is 2.44. The maximum atomic E-state index is 11.6. The minimum atomic E-state index is -3.06. The van der Waals surface area contributed by atoms with Gasteiger partial charge in [-0.3, -0.25) is 4.79 Å². The minimum Gasteiger partial charge on any atom is -0.452 e. The summed E-state index contributed by atoms with van der Waals surface area (Å²) in [5, 5.41) is 2.76. The van der Waals surface area contributed by atoms with Gasteiger partial charge in [0.25, 0.3) is 5.91 Å². The van der Waals surface area contributed by atoms with E-state index in [9.17, 15) is 18.0 Å². The molecule has 1 aliphatic rings. The number of ether oxygens (including phenoxy) is 1. The smallest absolute Gasteiger partial charge is 0.340 e. The maximum absolute atomic E-state index is 11.6. The molecule has 0 aromatic carbocycles. The third kappa shape index (κ3) is 4.68. The first-order valence-electron chi connectivity index (χ1n) is 6.14. The molecule has 114 valence electrons. The predicted octanol–water partition coefficient (Wildman–Crippen LogP) is 0.195. The molecule has 1 N–H and O–H groups in total. The molecule has 2 rings (SSSR count). The molecular formula is C12H13ClN2O5S. The van der Waals surface area contributed by atoms with Crippen LogP contribution in [-0.2, 0) is 19.4 Å². The second kappa shape index (κ2) is 6.40. The van der Waals surface area contributed by atoms with Crippen molar-refractivity contribution in [3.63, 3.8) is 0 Å². The highest BCUT2D eigenvalue weighted by Gasteiger charge is 2.29. The minimum absolute atomic E-state index is 0.0637. The Morgan fingerprint density at radius 2 is 2.19 bits per heavy atom. The number of amides is 1. The summed E-state index contributed by atoms with van der Waals surface area (Å²) in [6.45, 7) is -0.474. The van der Waals surface area contributed by atoms with Crippen LogP contribution in [0.5, 0.6) is 0 Å². The summed E-state index contributed by atoms with van der Waals surface area (Å²) in [4.78, 5) is 26.9. The fraction of sp³-hybridized carbons (Fsp3) is 0.417. The molecule has 1 aromatic rings. The van der Waals surface area contributed by atoms with Crippen LogP contribution in [0.2, 0.25) is 5.15 Å². The van der Waals surface area contributed by atoms with Gasteiger partial charge in [-0.25, -0.2) is 18.2 Å². The highest BCUT2D eigenvalue weighted by molar-refractivity contribution is 7.91. The number of nitrogens with zero attached hydrogens (tertiary/aromatic N) is 1. The molecule has 0 aliphatic carbocycles. The van der Waals surface area contributed by atoms with E-state index in [2.05, 4.69) is 10.3 Å². The summed E-state index contributed by atoms with van der Waals surface area (Å²) in [6.07, 6.45) is 1.62. The molecule has 0 spiro atoms. The van der Waals surface area contributed by atoms with Gasteiger partial charge in [0.1, 0.15) is 5.15 Å². The van der Waals surface area contributed by atoms with E-state index in [1.165, 1.54) is 18.3 Å². The number of carbonyl (C=O) groups is 2. The summed E-state index contributed by atoms with van der Waals surface area (Å²) in [7, 11) is -3.06. The van der Waals surface area contributed by atoms with Gasteiger partial charge in [-0.2, -0.15) is 0 Å². The van der Waals surface area contributed by atoms with Crippen molar-refractivity contribution in [1.82, 2.24) is 10.3 Å². The summed E-state index contributed by atoms with van der Waals surface area (Å²) >= 11 is 5.59. The van der Waals surface area contributed by atoms with Crippen molar-refractivity contribution in [3.05, 3.63) is 29.0 Å². The van der Waals surface area contributed by atoms with E-state index in [-0.39, 0.29) is 22.2 Å². The maximum Gasteiger partial charge on any atom is 0.340 e. The normalized spacial score (nSPS) is 20.0. The molecule has 2 heterocycles. The standard InChI is InChI=1S/C12H13ClN2O5S/c13-10-2-1-8(5-14-10)12(17)20-6-11(16)15-9-3-4-21(18,19)7-9/h1-2,5,9H,3-4,6-7H2,(H,15,16)/t9-/m0/s1. The second-order valence-corrected chi connectivity index (χ2v) is 7.23. The van der Waals surface area contributed by atoms with Crippen LogP contribution in [0.3, 0.4) is 0 Å². The zero-order valence-electron chi connectivity index (χ0n) is 10.9. The third-order valence-corrected chi connectivity index (χ3v) is 4.89. The molecule has 1 atom stereocenters. The molecule has 0 saturated carbocycles. The van der Waals surface area contributed by atoms with Crippen molar-refractivity contribution in [3.8, 4) is 0 Å². The van der Waals surface area contributed by atoms with E-state index in [1.807, 2.05) is 0 Å². The van der Waals surface area contributed by atoms with Gasteiger partial charge in [0, 0.05) is 12.2 Å². The van der Waals surface area contributed by atoms with E-state index in [0.717, 1.165) is 0 Å². The molecule has 1 aromatic heterocycles. The molecule has 21 heavy (non-hydrogen) atoms. The van der Waals surface area contributed by atoms with Gasteiger partial charge in [-0.15, -0.1) is 0 Å². The Balaban J connectivity index is 1.79. The number of halogens is 1. The Morgan fingerprint density at radius 1 is 1.43 bits per heavy atom. The van der Waals surface area contributed by atoms with E-state index in [0.29, 0.717) is 6.42 Å². The largest absolute Gasteiger partial charge is 0.452 e. The quantitative estimate of drug-likeness (QED) is 0.624. The van der Waals surface area contributed by atoms with Crippen molar-refractivity contribution in [2.75, 3.05) is 18.1 Å². The van der Waals surface area contributed by atoms with Crippen LogP contribution in [0.25, 0.3) is 0 Å². The Morgan fingerprint density at radius 3 is 2.76 bits per heavy atom. The zero-order chi connectivity index (χ0) is 15.5. The lowest BCUT2D eigenvalue weighted by Gasteiger charge is -2.10. The number of pyridine rings is 1. The van der Waals surface area contributed by atoms with Gasteiger partial charge in [0.05, 0.1) is 17.1 Å². The predicted molar refractivity (Wildman–Crippen MR) is 74.7 cm³/mol. The summed E-state index contributed by atoms with van der Waals surface area (Å²) in [5.74, 6) is -1.25. The van der Waals surface area contributed by atoms with Crippen molar-refractivity contribution >= 4 is 33.3 Å². The number of sulfone groups is 1. The summed E-state index contributed by atoms with van der Waals surface area (Å²) in [5.41, 5.74) is 0.177. The van der Waals surface area contributed by atoms with Crippen LogP contribution in [-0.4, -0.2) is 49.4 Å². The van der Waals surface area contributed by atoms with Gasteiger partial charge < -0.3 is 10.1 Å². The molecule has 1 aliphatic heterocycles. The highest BCUT2D eigenvalue weighted by Crippen LogP contribution is 2.11. The van der Waals surface area contributed by atoms with Crippen molar-refractivity contribution in [2.24, 2.45) is 0 Å². The fourth-order valence-corrected chi connectivity index (χ4v) is 3.67. The number of aromatic nitrogens is 1. The Kier molecular flexibility index (Phi) is 4.79. The lowest BCUT2D eigenvalue weighted by atomic mass is 10.2. The van der Waals surface area contributed by atoms with Crippen LogP contribution in [0.15, 0.2) is 18.3 Å². The van der Waals surface area contributed by atoms with Crippen LogP contribution in [0, 0.1) is 0 Å². The van der Waals surface area contributed by atoms with Gasteiger partial charge in [0.15, 0.2) is 16.4 Å². The van der Waals surface area contributed by atoms with Crippen LogP contribution < -0.4 is 5.32 Å². The van der Waals surface area contributed by atoms with E-state index in [4.69, 9.17) is 16.3 Å². The van der Waals surface area contributed by atoms with Gasteiger partial charge in [-0.05, 0) is 18.6 Å². The topological polar surface area (TPSA) is 102 Å². The third-order valence-electron chi connectivity index (χ3n) is 2.89. The number of hydrogen-bond acceptors (Lipinski definition) is 6. The molecule has 0 radical (unpaired) electrons. The van der Waals surface area contributed by atoms with Crippen molar-refractivity contribution < 1.29 is 22.7 Å². The van der Waals surface area contributed by atoms with Gasteiger partial charge in [-0.1, -0.05) is 11.6 Å². The highest BCUT2D eigenvalue weighted by atomic mass is 35.5. The van der Waals surface area contributed by atoms with Crippen LogP contribution in [0.1, 0.15) is 16.8 Å². The lowest BCUT2D eigenvalue weighted by molar-refractivity contribution is -0.124. The van der Waals surface area contributed by atoms with E-state index < -0.39 is 34.4 Å². The first kappa shape index (κ1) is 15.7. The average molecular weight is 333 g/mol. The average Bonchev–Trinajstić information content (AvgIpc) is 2.76. The van der Waals surface area contributed by atoms with Crippen LogP contribution >= 0.6 is 11.6 Å². The number of nitrogens with one attached hydrogen (secondary N) is 1. The van der Waals surface area contributed by atoms with Gasteiger partial charge in [0.2, 0.25) is 0 Å². The Labute approximate surface area is 126 Å². The lowest BCUT2D eigenvalue weighted by Crippen LogP contribution is -2.38. The fourth-order valence-electron chi connectivity index (χ4n) is 1.89. The Bertz CT molecular complexity index is 644. The molecule has 7 nitrogen and oxygen atoms in total. The Hall–Kier alpha value is -1.67. The summed E-state index contributed by atoms with van der Waals surface area (Å²) < 4.78 is 27.3. The number of rotatable bonds is 4. The van der Waals surface area contributed by atoms with Crippen molar-refractivity contribution in [1.29, 1.82) is 0 Å². The second-order valence-electron chi connectivity index (χ2n) is 4.61. The number of esters is 1. The van der Waals surface area contributed by atoms with E-state index in [1.54, 1.807) is 0 Å². The first-order valence-corrected chi connectivity index (χ1v) is 8.34. The monoisotopic (exact) mass is 332 g/mol. The van der Waals surface area contributed by atoms with Crippen molar-refractivity contribution in [2.45, 2.75) is 12.5 Å². The SMILES string of the molecule is O=C(COC(=O)c1ccc(Cl)nc1)N[C@H]1CCS(=O)(=O)C1. The van der Waals surface area contributed by atoms with E-state index >= 15 is 0 Å². The molecule has 9 heteroatoms. The molecular weight excluding hydrogens is 320 g/mol. The molecule has 1 fully saturated rings. The first-order chi connectivity index (χ1) is 9.85. The van der Waals surface area contributed by atoms with Gasteiger partial charge >= 0.3 is 5.97 Å². The zero-order valence-corrected chi connectivity index (χ0v) is 12.5. The number of hydrogen-bond donors (Lipinski definition) is 1. The van der Waals surface area contributed by atoms with Crippen LogP contribution in [0.4, 0.5) is 0 Å². The molecule has 1 saturated heterocycles. The number of carbonyl (C=O) groups excluding carboxylic acids is 2. The molecule has 0 bridgehead atoms. The molecule has 1 amide bonds. The molecule has 0 unspecified atom stereocenters.